The molecule has 1 aromatic heterocycles. The highest BCUT2D eigenvalue weighted by Gasteiger charge is 2.19. The van der Waals surface area contributed by atoms with Gasteiger partial charge in [0.2, 0.25) is 5.89 Å². The SMILES string of the molecule is Cc1ccc(CN(Cc2ccccc2)Cc2nc(C(=O)NC[C@@H]3CCCO3)co2)cc1. The Labute approximate surface area is 183 Å². The number of carbonyl (C=O) groups is 1. The summed E-state index contributed by atoms with van der Waals surface area (Å²) in [7, 11) is 0. The van der Waals surface area contributed by atoms with Crippen LogP contribution in [0.1, 0.15) is 45.9 Å². The summed E-state index contributed by atoms with van der Waals surface area (Å²) in [5, 5.41) is 2.89. The molecule has 4 rings (SSSR count). The Hall–Kier alpha value is -2.96. The second-order valence-corrected chi connectivity index (χ2v) is 8.09. The average molecular weight is 420 g/mol. The van der Waals surface area contributed by atoms with Crippen LogP contribution >= 0.6 is 0 Å². The van der Waals surface area contributed by atoms with Gasteiger partial charge < -0.3 is 14.5 Å². The van der Waals surface area contributed by atoms with E-state index in [1.165, 1.54) is 23.0 Å². The Morgan fingerprint density at radius 1 is 1.06 bits per heavy atom. The van der Waals surface area contributed by atoms with Gasteiger partial charge in [-0.05, 0) is 30.9 Å². The van der Waals surface area contributed by atoms with E-state index in [9.17, 15) is 4.79 Å². The lowest BCUT2D eigenvalue weighted by Gasteiger charge is -2.21. The van der Waals surface area contributed by atoms with Crippen LogP contribution in [0.25, 0.3) is 0 Å². The Morgan fingerprint density at radius 3 is 2.52 bits per heavy atom. The summed E-state index contributed by atoms with van der Waals surface area (Å²) in [6, 6.07) is 18.9. The molecule has 1 saturated heterocycles. The van der Waals surface area contributed by atoms with Crippen LogP contribution < -0.4 is 5.32 Å². The number of nitrogens with one attached hydrogen (secondary N) is 1. The third-order valence-electron chi connectivity index (χ3n) is 5.43. The van der Waals surface area contributed by atoms with Crippen LogP contribution in [0.2, 0.25) is 0 Å². The molecule has 1 fully saturated rings. The Morgan fingerprint density at radius 2 is 1.81 bits per heavy atom. The van der Waals surface area contributed by atoms with Crippen molar-refractivity contribution < 1.29 is 13.9 Å². The van der Waals surface area contributed by atoms with E-state index in [0.29, 0.717) is 24.7 Å². The van der Waals surface area contributed by atoms with E-state index in [1.54, 1.807) is 0 Å². The van der Waals surface area contributed by atoms with Crippen molar-refractivity contribution in [3.05, 3.63) is 89.1 Å². The summed E-state index contributed by atoms with van der Waals surface area (Å²) >= 11 is 0. The van der Waals surface area contributed by atoms with Gasteiger partial charge in [0, 0.05) is 26.2 Å². The van der Waals surface area contributed by atoms with Gasteiger partial charge in [-0.2, -0.15) is 0 Å². The molecule has 0 radical (unpaired) electrons. The van der Waals surface area contributed by atoms with Crippen molar-refractivity contribution in [3.63, 3.8) is 0 Å². The number of aromatic nitrogens is 1. The first kappa shape index (κ1) is 21.3. The Bertz CT molecular complexity index is 963. The fourth-order valence-corrected chi connectivity index (χ4v) is 3.74. The highest BCUT2D eigenvalue weighted by molar-refractivity contribution is 5.91. The first-order valence-corrected chi connectivity index (χ1v) is 10.8. The molecule has 162 valence electrons. The van der Waals surface area contributed by atoms with E-state index in [-0.39, 0.29) is 12.0 Å². The van der Waals surface area contributed by atoms with Gasteiger partial charge in [0.05, 0.1) is 12.6 Å². The van der Waals surface area contributed by atoms with Gasteiger partial charge in [-0.1, -0.05) is 60.2 Å². The highest BCUT2D eigenvalue weighted by atomic mass is 16.5. The number of carbonyl (C=O) groups excluding carboxylic acids is 1. The number of amides is 1. The topological polar surface area (TPSA) is 67.6 Å². The van der Waals surface area contributed by atoms with Crippen LogP contribution in [0.4, 0.5) is 0 Å². The fourth-order valence-electron chi connectivity index (χ4n) is 3.74. The van der Waals surface area contributed by atoms with Gasteiger partial charge in [0.1, 0.15) is 6.26 Å². The van der Waals surface area contributed by atoms with E-state index in [0.717, 1.165) is 32.5 Å². The molecule has 0 bridgehead atoms. The quantitative estimate of drug-likeness (QED) is 0.566. The maximum absolute atomic E-state index is 12.4. The predicted molar refractivity (Wildman–Crippen MR) is 118 cm³/mol. The monoisotopic (exact) mass is 419 g/mol. The minimum atomic E-state index is -0.223. The molecule has 1 aliphatic rings. The molecule has 0 spiro atoms. The van der Waals surface area contributed by atoms with E-state index >= 15 is 0 Å². The second-order valence-electron chi connectivity index (χ2n) is 8.09. The number of rotatable bonds is 9. The molecule has 1 atom stereocenters. The van der Waals surface area contributed by atoms with Crippen LogP contribution in [0.3, 0.4) is 0 Å². The minimum Gasteiger partial charge on any atom is -0.447 e. The van der Waals surface area contributed by atoms with Gasteiger partial charge in [0.15, 0.2) is 5.69 Å². The number of hydrogen-bond donors (Lipinski definition) is 1. The number of hydrogen-bond acceptors (Lipinski definition) is 5. The molecule has 6 nitrogen and oxygen atoms in total. The summed E-state index contributed by atoms with van der Waals surface area (Å²) in [4.78, 5) is 19.1. The standard InChI is InChI=1S/C25H29N3O3/c1-19-9-11-21(12-10-19)16-28(15-20-6-3-2-4-7-20)17-24-27-23(18-31-24)25(29)26-14-22-8-5-13-30-22/h2-4,6-7,9-12,18,22H,5,8,13-17H2,1H3,(H,26,29)/t22-/m0/s1. The molecule has 0 saturated carbocycles. The van der Waals surface area contributed by atoms with E-state index in [1.807, 2.05) is 18.2 Å². The number of aryl methyl sites for hydroxylation is 1. The first-order valence-electron chi connectivity index (χ1n) is 10.8. The number of benzene rings is 2. The molecule has 1 aliphatic heterocycles. The van der Waals surface area contributed by atoms with E-state index in [2.05, 4.69) is 58.5 Å². The number of nitrogens with zero attached hydrogens (tertiary/aromatic N) is 2. The minimum absolute atomic E-state index is 0.103. The second kappa shape index (κ2) is 10.4. The fraction of sp³-hybridized carbons (Fsp3) is 0.360. The lowest BCUT2D eigenvalue weighted by Crippen LogP contribution is -2.32. The van der Waals surface area contributed by atoms with Crippen molar-refractivity contribution in [3.8, 4) is 0 Å². The maximum Gasteiger partial charge on any atom is 0.273 e. The van der Waals surface area contributed by atoms with Crippen molar-refractivity contribution in [1.82, 2.24) is 15.2 Å². The lowest BCUT2D eigenvalue weighted by atomic mass is 10.1. The lowest BCUT2D eigenvalue weighted by molar-refractivity contribution is 0.0853. The van der Waals surface area contributed by atoms with Crippen LogP contribution in [0.5, 0.6) is 0 Å². The summed E-state index contributed by atoms with van der Waals surface area (Å²) in [5.41, 5.74) is 3.99. The molecule has 0 aliphatic carbocycles. The molecule has 6 heteroatoms. The normalized spacial score (nSPS) is 16.0. The van der Waals surface area contributed by atoms with Crippen LogP contribution in [-0.2, 0) is 24.4 Å². The molecule has 3 aromatic rings. The van der Waals surface area contributed by atoms with Gasteiger partial charge in [-0.15, -0.1) is 0 Å². The van der Waals surface area contributed by atoms with Crippen LogP contribution in [-0.4, -0.2) is 35.0 Å². The Kier molecular flexibility index (Phi) is 7.12. The molecule has 2 heterocycles. The smallest absolute Gasteiger partial charge is 0.273 e. The zero-order chi connectivity index (χ0) is 21.5. The molecule has 31 heavy (non-hydrogen) atoms. The summed E-state index contributed by atoms with van der Waals surface area (Å²) in [5.74, 6) is 0.309. The summed E-state index contributed by atoms with van der Waals surface area (Å²) in [6.45, 7) is 5.41. The molecule has 2 aromatic carbocycles. The maximum atomic E-state index is 12.4. The van der Waals surface area contributed by atoms with Crippen LogP contribution in [0, 0.1) is 6.92 Å². The number of oxazole rings is 1. The summed E-state index contributed by atoms with van der Waals surface area (Å²) in [6.07, 6.45) is 3.57. The third kappa shape index (κ3) is 6.26. The van der Waals surface area contributed by atoms with E-state index < -0.39 is 0 Å². The van der Waals surface area contributed by atoms with Crippen molar-refractivity contribution in [2.45, 2.75) is 45.5 Å². The molecule has 1 amide bonds. The van der Waals surface area contributed by atoms with E-state index in [4.69, 9.17) is 9.15 Å². The zero-order valence-electron chi connectivity index (χ0n) is 17.9. The predicted octanol–water partition coefficient (Wildman–Crippen LogP) is 4.09. The molecular formula is C25H29N3O3. The van der Waals surface area contributed by atoms with Gasteiger partial charge in [-0.25, -0.2) is 4.98 Å². The average Bonchev–Trinajstić information content (AvgIpc) is 3.47. The Balaban J connectivity index is 1.40. The van der Waals surface area contributed by atoms with Crippen molar-refractivity contribution in [2.75, 3.05) is 13.2 Å². The highest BCUT2D eigenvalue weighted by Crippen LogP contribution is 2.15. The summed E-state index contributed by atoms with van der Waals surface area (Å²) < 4.78 is 11.2. The van der Waals surface area contributed by atoms with Gasteiger partial charge in [-0.3, -0.25) is 9.69 Å². The first-order chi connectivity index (χ1) is 15.2. The van der Waals surface area contributed by atoms with Gasteiger partial charge >= 0.3 is 0 Å². The third-order valence-corrected chi connectivity index (χ3v) is 5.43. The van der Waals surface area contributed by atoms with Crippen molar-refractivity contribution in [1.29, 1.82) is 0 Å². The largest absolute Gasteiger partial charge is 0.447 e. The zero-order valence-corrected chi connectivity index (χ0v) is 17.9. The molecule has 0 unspecified atom stereocenters. The molecule has 1 N–H and O–H groups in total. The van der Waals surface area contributed by atoms with Gasteiger partial charge in [0.25, 0.3) is 5.91 Å². The number of ether oxygens (including phenoxy) is 1. The van der Waals surface area contributed by atoms with Crippen LogP contribution in [0.15, 0.2) is 65.3 Å². The molecular weight excluding hydrogens is 390 g/mol. The van der Waals surface area contributed by atoms with Crippen molar-refractivity contribution >= 4 is 5.91 Å². The van der Waals surface area contributed by atoms with Crippen molar-refractivity contribution in [2.24, 2.45) is 0 Å².